The van der Waals surface area contributed by atoms with Crippen LogP contribution in [0.2, 0.25) is 0 Å². The molecule has 0 radical (unpaired) electrons. The monoisotopic (exact) mass is 572 g/mol. The van der Waals surface area contributed by atoms with Crippen LogP contribution >= 0.6 is 22.6 Å². The van der Waals surface area contributed by atoms with Gasteiger partial charge in [0.05, 0.1) is 17.1 Å². The number of nitrogens with one attached hydrogen (secondary N) is 1. The van der Waals surface area contributed by atoms with Crippen LogP contribution < -0.4 is 10.1 Å². The summed E-state index contributed by atoms with van der Waals surface area (Å²) in [7, 11) is 1.82. The normalized spacial score (nSPS) is 33.1. The Morgan fingerprint density at radius 1 is 1.38 bits per heavy atom. The van der Waals surface area contributed by atoms with Crippen LogP contribution in [0.25, 0.3) is 0 Å². The van der Waals surface area contributed by atoms with E-state index in [4.69, 9.17) is 9.47 Å². The number of halogens is 1. The van der Waals surface area contributed by atoms with Gasteiger partial charge in [0.15, 0.2) is 11.5 Å². The fourth-order valence-electron chi connectivity index (χ4n) is 7.43. The van der Waals surface area contributed by atoms with Gasteiger partial charge >= 0.3 is 0 Å². The number of likely N-dealkylation sites (tertiary alicyclic amines) is 1. The number of benzene rings is 2. The minimum Gasteiger partial charge on any atom is -0.504 e. The van der Waals surface area contributed by atoms with Gasteiger partial charge in [-0.25, -0.2) is 0 Å². The Kier molecular flexibility index (Phi) is 5.24. The highest BCUT2D eigenvalue weighted by molar-refractivity contribution is 14.1. The molecule has 2 heterocycles. The quantitative estimate of drug-likeness (QED) is 0.422. The summed E-state index contributed by atoms with van der Waals surface area (Å²) in [4.78, 5) is 15.7. The zero-order valence-corrected chi connectivity index (χ0v) is 21.4. The molecule has 5 atom stereocenters. The van der Waals surface area contributed by atoms with Gasteiger partial charge in [-0.2, -0.15) is 0 Å². The molecule has 2 aliphatic heterocycles. The van der Waals surface area contributed by atoms with E-state index in [0.717, 1.165) is 47.9 Å². The number of carbonyl (C=O) groups excluding carboxylic acids is 1. The fraction of sp³-hybridized carbons (Fsp3) is 0.444. The molecule has 1 spiro atoms. The Labute approximate surface area is 213 Å². The highest BCUT2D eigenvalue weighted by Crippen LogP contribution is 2.66. The minimum absolute atomic E-state index is 0.0923. The molecule has 2 unspecified atom stereocenters. The van der Waals surface area contributed by atoms with Gasteiger partial charge in [-0.05, 0) is 84.6 Å². The molecule has 2 fully saturated rings. The molecular weight excluding hydrogens is 543 g/mol. The van der Waals surface area contributed by atoms with Crippen LogP contribution in [0.15, 0.2) is 49.1 Å². The first-order chi connectivity index (χ1) is 16.4. The third-order valence-corrected chi connectivity index (χ3v) is 9.33. The van der Waals surface area contributed by atoms with Gasteiger partial charge in [-0.15, -0.1) is 6.58 Å². The number of hydrogen-bond acceptors (Lipinski definition) is 5. The van der Waals surface area contributed by atoms with E-state index in [-0.39, 0.29) is 29.8 Å². The molecule has 2 aromatic carbocycles. The Morgan fingerprint density at radius 3 is 3.00 bits per heavy atom. The summed E-state index contributed by atoms with van der Waals surface area (Å²) in [6, 6.07) is 11.4. The molecule has 2 N–H and O–H groups in total. The summed E-state index contributed by atoms with van der Waals surface area (Å²) >= 11 is 2.22. The topological polar surface area (TPSA) is 71.0 Å². The van der Waals surface area contributed by atoms with Gasteiger partial charge < -0.3 is 19.9 Å². The number of phenolic OH excluding ortho intramolecular Hbond substituents is 1. The molecule has 6 nitrogen and oxygen atoms in total. The summed E-state index contributed by atoms with van der Waals surface area (Å²) in [5, 5.41) is 14.1. The minimum atomic E-state index is -0.450. The van der Waals surface area contributed by atoms with Gasteiger partial charge in [-0.1, -0.05) is 18.2 Å². The molecule has 1 amide bonds. The van der Waals surface area contributed by atoms with E-state index in [2.05, 4.69) is 39.4 Å². The second-order valence-electron chi connectivity index (χ2n) is 9.93. The first kappa shape index (κ1) is 22.4. The standard InChI is InChI=1S/C27H29IN2O4/c1-3-12-30-13-11-26-22-16-7-8-20(31)23(22)34-24(26)19(9-10-27(26,33-2)21(30)15-16)29-25(32)17-5-4-6-18(28)14-17/h3-8,14,19,21,24,31H,1,9-13,15H2,2H3,(H,29,32)/t19?,21-,24?,26+,27-/m1/s1. The number of rotatable bonds is 5. The first-order valence-corrected chi connectivity index (χ1v) is 13.0. The van der Waals surface area contributed by atoms with E-state index >= 15 is 0 Å². The summed E-state index contributed by atoms with van der Waals surface area (Å²) in [6.45, 7) is 5.69. The van der Waals surface area contributed by atoms with Crippen molar-refractivity contribution in [3.8, 4) is 11.5 Å². The maximum atomic E-state index is 13.2. The Balaban J connectivity index is 1.45. The number of amides is 1. The lowest BCUT2D eigenvalue weighted by Gasteiger charge is -2.65. The fourth-order valence-corrected chi connectivity index (χ4v) is 7.98. The van der Waals surface area contributed by atoms with Crippen molar-refractivity contribution < 1.29 is 19.4 Å². The number of carbonyl (C=O) groups is 1. The van der Waals surface area contributed by atoms with E-state index in [1.165, 1.54) is 5.56 Å². The zero-order chi connectivity index (χ0) is 23.7. The van der Waals surface area contributed by atoms with Crippen LogP contribution in [0.1, 0.15) is 40.7 Å². The smallest absolute Gasteiger partial charge is 0.251 e. The molecule has 178 valence electrons. The maximum Gasteiger partial charge on any atom is 0.251 e. The lowest BCUT2D eigenvalue weighted by molar-refractivity contribution is -0.205. The van der Waals surface area contributed by atoms with Crippen LogP contribution in [0.5, 0.6) is 11.5 Å². The van der Waals surface area contributed by atoms with E-state index < -0.39 is 11.0 Å². The number of hydrogen-bond donors (Lipinski definition) is 2. The highest BCUT2D eigenvalue weighted by Gasteiger charge is 2.73. The van der Waals surface area contributed by atoms with E-state index in [9.17, 15) is 9.90 Å². The molecule has 2 aromatic rings. The molecule has 0 aromatic heterocycles. The summed E-state index contributed by atoms with van der Waals surface area (Å²) < 4.78 is 14.2. The van der Waals surface area contributed by atoms with Crippen LogP contribution in [0.3, 0.4) is 0 Å². The van der Waals surface area contributed by atoms with Crippen LogP contribution in [-0.4, -0.2) is 59.9 Å². The molecule has 1 saturated carbocycles. The van der Waals surface area contributed by atoms with Crippen molar-refractivity contribution in [3.05, 3.63) is 69.3 Å². The number of aromatic hydroxyl groups is 1. The predicted octanol–water partition coefficient (Wildman–Crippen LogP) is 3.79. The van der Waals surface area contributed by atoms with Crippen molar-refractivity contribution in [2.24, 2.45) is 0 Å². The van der Waals surface area contributed by atoms with Gasteiger partial charge in [0.2, 0.25) is 0 Å². The van der Waals surface area contributed by atoms with Crippen molar-refractivity contribution in [1.82, 2.24) is 10.2 Å². The van der Waals surface area contributed by atoms with Crippen molar-refractivity contribution in [2.75, 3.05) is 20.2 Å². The molecule has 7 heteroatoms. The van der Waals surface area contributed by atoms with E-state index in [1.807, 2.05) is 43.5 Å². The van der Waals surface area contributed by atoms with Gasteiger partial charge in [0, 0.05) is 34.4 Å². The van der Waals surface area contributed by atoms with Crippen molar-refractivity contribution in [3.63, 3.8) is 0 Å². The highest BCUT2D eigenvalue weighted by atomic mass is 127. The van der Waals surface area contributed by atoms with Crippen molar-refractivity contribution in [1.29, 1.82) is 0 Å². The second-order valence-corrected chi connectivity index (χ2v) is 11.2. The largest absolute Gasteiger partial charge is 0.504 e. The number of ether oxygens (including phenoxy) is 2. The van der Waals surface area contributed by atoms with Gasteiger partial charge in [0.1, 0.15) is 6.10 Å². The lowest BCUT2D eigenvalue weighted by atomic mass is 9.48. The summed E-state index contributed by atoms with van der Waals surface area (Å²) in [6.07, 6.45) is 4.92. The number of methoxy groups -OCH3 is 1. The first-order valence-electron chi connectivity index (χ1n) is 11.9. The van der Waals surface area contributed by atoms with E-state index in [0.29, 0.717) is 11.3 Å². The predicted molar refractivity (Wildman–Crippen MR) is 137 cm³/mol. The SMILES string of the molecule is C=CCN1CC[C@]23c4c5ccc(O)c4OC2C(NC(=O)c2cccc(I)c2)CC[C@@]3(OC)[C@H]1C5. The molecule has 2 aliphatic carbocycles. The summed E-state index contributed by atoms with van der Waals surface area (Å²) in [5.74, 6) is 0.655. The zero-order valence-electron chi connectivity index (χ0n) is 19.2. The van der Waals surface area contributed by atoms with Gasteiger partial charge in [0.25, 0.3) is 5.91 Å². The molecular formula is C27H29IN2O4. The van der Waals surface area contributed by atoms with Crippen molar-refractivity contribution in [2.45, 2.75) is 54.9 Å². The number of piperidine rings is 1. The Hall–Kier alpha value is -2.10. The average Bonchev–Trinajstić information content (AvgIpc) is 3.19. The van der Waals surface area contributed by atoms with Crippen LogP contribution in [-0.2, 0) is 16.6 Å². The average molecular weight is 572 g/mol. The Bertz CT molecular complexity index is 1190. The Morgan fingerprint density at radius 2 is 2.24 bits per heavy atom. The third-order valence-electron chi connectivity index (χ3n) is 8.66. The van der Waals surface area contributed by atoms with Crippen molar-refractivity contribution >= 4 is 28.5 Å². The molecule has 6 rings (SSSR count). The molecule has 4 aliphatic rings. The summed E-state index contributed by atoms with van der Waals surface area (Å²) in [5.41, 5.74) is 2.09. The van der Waals surface area contributed by atoms with E-state index in [1.54, 1.807) is 6.07 Å². The third kappa shape index (κ3) is 2.83. The van der Waals surface area contributed by atoms with Crippen LogP contribution in [0, 0.1) is 3.57 Å². The lowest BCUT2D eigenvalue weighted by Crippen LogP contribution is -2.78. The van der Waals surface area contributed by atoms with Crippen LogP contribution in [0.4, 0.5) is 0 Å². The molecule has 2 bridgehead atoms. The number of phenols is 1. The van der Waals surface area contributed by atoms with Gasteiger partial charge in [-0.3, -0.25) is 9.69 Å². The second kappa shape index (κ2) is 7.96. The maximum absolute atomic E-state index is 13.2. The number of nitrogens with zero attached hydrogens (tertiary/aromatic N) is 1. The molecule has 1 saturated heterocycles. The molecule has 34 heavy (non-hydrogen) atoms.